The molecule has 0 unspecified atom stereocenters. The van der Waals surface area contributed by atoms with Crippen molar-refractivity contribution in [2.24, 2.45) is 0 Å². The Morgan fingerprint density at radius 3 is 2.93 bits per heavy atom. The molecule has 4 heteroatoms. The van der Waals surface area contributed by atoms with Gasteiger partial charge in [-0.05, 0) is 25.0 Å². The van der Waals surface area contributed by atoms with E-state index in [9.17, 15) is 0 Å². The molecular formula is C10H10N4. The standard InChI is InChI=1S/C10H10N4/c1-2-6-11-8(3-1)10-12-9(13-14-10)7-4-5-7/h1-3,6-7H,4-5H2,(H,12,13,14). The van der Waals surface area contributed by atoms with Gasteiger partial charge in [0.15, 0.2) is 5.82 Å². The van der Waals surface area contributed by atoms with Gasteiger partial charge in [0.05, 0.1) is 0 Å². The van der Waals surface area contributed by atoms with Crippen LogP contribution in [0.25, 0.3) is 11.5 Å². The SMILES string of the molecule is c1ccc(-c2n[nH]c(C3CC3)n2)nc1. The first kappa shape index (κ1) is 7.67. The smallest absolute Gasteiger partial charge is 0.199 e. The van der Waals surface area contributed by atoms with E-state index in [0.29, 0.717) is 11.7 Å². The van der Waals surface area contributed by atoms with Gasteiger partial charge < -0.3 is 0 Å². The van der Waals surface area contributed by atoms with Crippen molar-refractivity contribution in [2.45, 2.75) is 18.8 Å². The van der Waals surface area contributed by atoms with Gasteiger partial charge in [0.1, 0.15) is 11.5 Å². The highest BCUT2D eigenvalue weighted by molar-refractivity contribution is 5.47. The number of nitrogens with zero attached hydrogens (tertiary/aromatic N) is 3. The molecule has 70 valence electrons. The van der Waals surface area contributed by atoms with E-state index in [1.54, 1.807) is 6.20 Å². The normalized spacial score (nSPS) is 15.7. The molecule has 1 aliphatic carbocycles. The van der Waals surface area contributed by atoms with E-state index < -0.39 is 0 Å². The average Bonchev–Trinajstić information content (AvgIpc) is 2.98. The third-order valence-corrected chi connectivity index (χ3v) is 2.36. The fourth-order valence-electron chi connectivity index (χ4n) is 1.42. The molecule has 1 saturated carbocycles. The van der Waals surface area contributed by atoms with E-state index in [0.717, 1.165) is 11.5 Å². The largest absolute Gasteiger partial charge is 0.262 e. The van der Waals surface area contributed by atoms with E-state index in [4.69, 9.17) is 0 Å². The van der Waals surface area contributed by atoms with Gasteiger partial charge in [-0.15, -0.1) is 0 Å². The van der Waals surface area contributed by atoms with Crippen LogP contribution in [0.2, 0.25) is 0 Å². The zero-order valence-electron chi connectivity index (χ0n) is 7.64. The minimum absolute atomic E-state index is 0.611. The van der Waals surface area contributed by atoms with E-state index >= 15 is 0 Å². The minimum atomic E-state index is 0.611. The monoisotopic (exact) mass is 186 g/mol. The van der Waals surface area contributed by atoms with Gasteiger partial charge in [-0.25, -0.2) is 4.98 Å². The summed E-state index contributed by atoms with van der Waals surface area (Å²) in [7, 11) is 0. The van der Waals surface area contributed by atoms with E-state index in [2.05, 4.69) is 20.2 Å². The van der Waals surface area contributed by atoms with Crippen LogP contribution in [-0.4, -0.2) is 20.2 Å². The van der Waals surface area contributed by atoms with E-state index in [1.165, 1.54) is 12.8 Å². The van der Waals surface area contributed by atoms with Crippen molar-refractivity contribution >= 4 is 0 Å². The Morgan fingerprint density at radius 1 is 1.29 bits per heavy atom. The minimum Gasteiger partial charge on any atom is -0.262 e. The van der Waals surface area contributed by atoms with Crippen LogP contribution in [0, 0.1) is 0 Å². The lowest BCUT2D eigenvalue weighted by atomic mass is 10.3. The summed E-state index contributed by atoms with van der Waals surface area (Å²) in [5.41, 5.74) is 0.829. The van der Waals surface area contributed by atoms with E-state index in [1.807, 2.05) is 18.2 Å². The van der Waals surface area contributed by atoms with Gasteiger partial charge in [-0.1, -0.05) is 6.07 Å². The second kappa shape index (κ2) is 2.90. The third-order valence-electron chi connectivity index (χ3n) is 2.36. The predicted octanol–water partition coefficient (Wildman–Crippen LogP) is 1.74. The van der Waals surface area contributed by atoms with Crippen molar-refractivity contribution in [1.29, 1.82) is 0 Å². The number of H-pyrrole nitrogens is 1. The van der Waals surface area contributed by atoms with Crippen LogP contribution in [0.4, 0.5) is 0 Å². The summed E-state index contributed by atoms with van der Waals surface area (Å²) >= 11 is 0. The molecule has 0 aliphatic heterocycles. The molecule has 1 aliphatic rings. The van der Waals surface area contributed by atoms with Crippen LogP contribution >= 0.6 is 0 Å². The van der Waals surface area contributed by atoms with Crippen LogP contribution in [0.5, 0.6) is 0 Å². The quantitative estimate of drug-likeness (QED) is 0.777. The second-order valence-electron chi connectivity index (χ2n) is 3.53. The van der Waals surface area contributed by atoms with Gasteiger partial charge >= 0.3 is 0 Å². The highest BCUT2D eigenvalue weighted by Crippen LogP contribution is 2.38. The van der Waals surface area contributed by atoms with Crippen LogP contribution < -0.4 is 0 Å². The van der Waals surface area contributed by atoms with Crippen LogP contribution in [-0.2, 0) is 0 Å². The van der Waals surface area contributed by atoms with Gasteiger partial charge in [0.2, 0.25) is 0 Å². The molecule has 1 fully saturated rings. The van der Waals surface area contributed by atoms with Gasteiger partial charge in [0, 0.05) is 12.1 Å². The van der Waals surface area contributed by atoms with Gasteiger partial charge in [-0.2, -0.15) is 5.10 Å². The lowest BCUT2D eigenvalue weighted by Gasteiger charge is -1.90. The summed E-state index contributed by atoms with van der Waals surface area (Å²) in [5, 5.41) is 7.11. The maximum atomic E-state index is 4.41. The van der Waals surface area contributed by atoms with Crippen molar-refractivity contribution in [3.8, 4) is 11.5 Å². The van der Waals surface area contributed by atoms with Crippen molar-refractivity contribution in [2.75, 3.05) is 0 Å². The summed E-state index contributed by atoms with van der Waals surface area (Å²) in [5.74, 6) is 2.32. The highest BCUT2D eigenvalue weighted by atomic mass is 15.2. The molecule has 2 aromatic heterocycles. The summed E-state index contributed by atoms with van der Waals surface area (Å²) in [4.78, 5) is 8.61. The zero-order valence-corrected chi connectivity index (χ0v) is 7.64. The van der Waals surface area contributed by atoms with Gasteiger partial charge in [0.25, 0.3) is 0 Å². The first-order valence-corrected chi connectivity index (χ1v) is 4.77. The Kier molecular flexibility index (Phi) is 1.59. The Balaban J connectivity index is 1.96. The maximum Gasteiger partial charge on any atom is 0.199 e. The fraction of sp³-hybridized carbons (Fsp3) is 0.300. The van der Waals surface area contributed by atoms with Gasteiger partial charge in [-0.3, -0.25) is 10.1 Å². The highest BCUT2D eigenvalue weighted by Gasteiger charge is 2.27. The molecule has 0 atom stereocenters. The first-order chi connectivity index (χ1) is 6.93. The molecule has 0 aromatic carbocycles. The van der Waals surface area contributed by atoms with Crippen LogP contribution in [0.15, 0.2) is 24.4 Å². The Hall–Kier alpha value is -1.71. The predicted molar refractivity (Wildman–Crippen MR) is 51.6 cm³/mol. The second-order valence-corrected chi connectivity index (χ2v) is 3.53. The number of rotatable bonds is 2. The molecule has 4 nitrogen and oxygen atoms in total. The first-order valence-electron chi connectivity index (χ1n) is 4.77. The van der Waals surface area contributed by atoms with Crippen molar-refractivity contribution in [1.82, 2.24) is 20.2 Å². The Labute approximate surface area is 81.4 Å². The molecule has 2 heterocycles. The van der Waals surface area contributed by atoms with Crippen molar-refractivity contribution in [3.05, 3.63) is 30.2 Å². The molecule has 1 N–H and O–H groups in total. The molecule has 14 heavy (non-hydrogen) atoms. The molecule has 0 bridgehead atoms. The maximum absolute atomic E-state index is 4.41. The number of pyridine rings is 1. The number of hydrogen-bond donors (Lipinski definition) is 1. The molecular weight excluding hydrogens is 176 g/mol. The number of aromatic nitrogens is 4. The van der Waals surface area contributed by atoms with Crippen molar-refractivity contribution < 1.29 is 0 Å². The summed E-state index contributed by atoms with van der Waals surface area (Å²) in [6.45, 7) is 0. The van der Waals surface area contributed by atoms with Crippen LogP contribution in [0.3, 0.4) is 0 Å². The average molecular weight is 186 g/mol. The summed E-state index contributed by atoms with van der Waals surface area (Å²) in [6, 6.07) is 5.74. The number of aromatic amines is 1. The fourth-order valence-corrected chi connectivity index (χ4v) is 1.42. The zero-order chi connectivity index (χ0) is 9.38. The Morgan fingerprint density at radius 2 is 2.21 bits per heavy atom. The molecule has 0 radical (unpaired) electrons. The number of nitrogens with one attached hydrogen (secondary N) is 1. The lowest BCUT2D eigenvalue weighted by Crippen LogP contribution is -1.84. The third kappa shape index (κ3) is 1.28. The summed E-state index contributed by atoms with van der Waals surface area (Å²) < 4.78 is 0. The molecule has 2 aromatic rings. The van der Waals surface area contributed by atoms with E-state index in [-0.39, 0.29) is 0 Å². The topological polar surface area (TPSA) is 54.5 Å². The molecule has 0 spiro atoms. The lowest BCUT2D eigenvalue weighted by molar-refractivity contribution is 0.935. The molecule has 0 amide bonds. The van der Waals surface area contributed by atoms with Crippen LogP contribution in [0.1, 0.15) is 24.6 Å². The Bertz CT molecular complexity index is 430. The van der Waals surface area contributed by atoms with Crippen molar-refractivity contribution in [3.63, 3.8) is 0 Å². The molecule has 3 rings (SSSR count). The summed E-state index contributed by atoms with van der Waals surface area (Å²) in [6.07, 6.45) is 4.22. The molecule has 0 saturated heterocycles. The number of hydrogen-bond acceptors (Lipinski definition) is 3.